The molecule has 0 saturated carbocycles. The van der Waals surface area contributed by atoms with Crippen LogP contribution in [0.2, 0.25) is 0 Å². The molecule has 7 heteroatoms. The number of hydrogen-bond acceptors (Lipinski definition) is 2. The van der Waals surface area contributed by atoms with E-state index in [0.29, 0.717) is 0 Å². The molecule has 0 radical (unpaired) electrons. The first kappa shape index (κ1) is 12.3. The largest absolute Gasteiger partial charge is 0.232 e. The van der Waals surface area contributed by atoms with Crippen molar-refractivity contribution in [3.8, 4) is 0 Å². The Morgan fingerprint density at radius 2 is 1.60 bits per heavy atom. The highest BCUT2D eigenvalue weighted by atomic mass is 35.7. The van der Waals surface area contributed by atoms with Crippen LogP contribution >= 0.6 is 10.7 Å². The Balaban J connectivity index is 2.89. The number of halogens is 4. The van der Waals surface area contributed by atoms with E-state index in [0.717, 1.165) is 12.1 Å². The molecule has 1 rings (SSSR count). The molecule has 1 aromatic carbocycles. The predicted molar refractivity (Wildman–Crippen MR) is 49.7 cm³/mol. The summed E-state index contributed by atoms with van der Waals surface area (Å²) < 4.78 is 58.9. The van der Waals surface area contributed by atoms with E-state index in [9.17, 15) is 21.6 Å². The Morgan fingerprint density at radius 3 is 2.00 bits per heavy atom. The highest BCUT2D eigenvalue weighted by molar-refractivity contribution is 8.13. The molecule has 2 nitrogen and oxygen atoms in total. The fourth-order valence-corrected chi connectivity index (χ4v) is 1.70. The first-order valence-electron chi connectivity index (χ1n) is 3.85. The van der Waals surface area contributed by atoms with Gasteiger partial charge in [0.15, 0.2) is 17.5 Å². The molecule has 0 amide bonds. The molecule has 0 aromatic heterocycles. The summed E-state index contributed by atoms with van der Waals surface area (Å²) in [6.45, 7) is 0. The number of rotatable bonds is 3. The third-order valence-corrected chi connectivity index (χ3v) is 2.83. The second-order valence-electron chi connectivity index (χ2n) is 2.87. The first-order valence-corrected chi connectivity index (χ1v) is 6.33. The summed E-state index contributed by atoms with van der Waals surface area (Å²) >= 11 is 0. The van der Waals surface area contributed by atoms with Gasteiger partial charge in [0.05, 0.1) is 5.75 Å². The molecule has 0 spiro atoms. The zero-order valence-corrected chi connectivity index (χ0v) is 8.88. The van der Waals surface area contributed by atoms with Crippen LogP contribution < -0.4 is 0 Å². The third kappa shape index (κ3) is 3.71. The van der Waals surface area contributed by atoms with Gasteiger partial charge in [0, 0.05) is 10.7 Å². The second kappa shape index (κ2) is 4.40. The van der Waals surface area contributed by atoms with Crippen LogP contribution in [0.3, 0.4) is 0 Å². The van der Waals surface area contributed by atoms with Gasteiger partial charge in [-0.1, -0.05) is 0 Å². The van der Waals surface area contributed by atoms with Gasteiger partial charge in [0.2, 0.25) is 9.05 Å². The number of aryl methyl sites for hydroxylation is 1. The molecule has 84 valence electrons. The Kier molecular flexibility index (Phi) is 3.62. The van der Waals surface area contributed by atoms with Crippen molar-refractivity contribution in [2.45, 2.75) is 6.42 Å². The van der Waals surface area contributed by atoms with Crippen molar-refractivity contribution in [2.75, 3.05) is 5.75 Å². The molecular formula is C8H6ClF3O2S. The van der Waals surface area contributed by atoms with Gasteiger partial charge in [0.25, 0.3) is 0 Å². The molecule has 0 heterocycles. The Morgan fingerprint density at radius 1 is 1.13 bits per heavy atom. The molecule has 0 atom stereocenters. The van der Waals surface area contributed by atoms with Crippen LogP contribution in [0.25, 0.3) is 0 Å². The molecule has 0 N–H and O–H groups in total. The Labute approximate surface area is 89.1 Å². The average Bonchev–Trinajstić information content (AvgIpc) is 2.09. The lowest BCUT2D eigenvalue weighted by Crippen LogP contribution is -2.03. The standard InChI is InChI=1S/C8H6ClF3O2S/c9-15(13,14)2-1-5-3-6(10)8(12)7(11)4-5/h3-4H,1-2H2. The maximum Gasteiger partial charge on any atom is 0.232 e. The van der Waals surface area contributed by atoms with Crippen LogP contribution in [0.15, 0.2) is 12.1 Å². The molecule has 0 saturated heterocycles. The lowest BCUT2D eigenvalue weighted by molar-refractivity contribution is 0.445. The molecule has 0 fully saturated rings. The first-order chi connectivity index (χ1) is 6.79. The lowest BCUT2D eigenvalue weighted by atomic mass is 10.1. The monoisotopic (exact) mass is 258 g/mol. The summed E-state index contributed by atoms with van der Waals surface area (Å²) in [5, 5.41) is 0. The summed E-state index contributed by atoms with van der Waals surface area (Å²) in [7, 11) is 1.18. The van der Waals surface area contributed by atoms with Crippen molar-refractivity contribution in [3.05, 3.63) is 35.1 Å². The van der Waals surface area contributed by atoms with Crippen LogP contribution in [0.4, 0.5) is 13.2 Å². The Hall–Kier alpha value is -0.750. The molecule has 0 unspecified atom stereocenters. The second-order valence-corrected chi connectivity index (χ2v) is 5.76. The van der Waals surface area contributed by atoms with Crippen molar-refractivity contribution in [2.24, 2.45) is 0 Å². The van der Waals surface area contributed by atoms with Gasteiger partial charge >= 0.3 is 0 Å². The van der Waals surface area contributed by atoms with Crippen LogP contribution in [0, 0.1) is 17.5 Å². The van der Waals surface area contributed by atoms with Crippen molar-refractivity contribution in [3.63, 3.8) is 0 Å². The van der Waals surface area contributed by atoms with Crippen molar-refractivity contribution in [1.82, 2.24) is 0 Å². The molecular weight excluding hydrogens is 253 g/mol. The van der Waals surface area contributed by atoms with E-state index < -0.39 is 32.3 Å². The van der Waals surface area contributed by atoms with Gasteiger partial charge in [-0.2, -0.15) is 0 Å². The maximum atomic E-state index is 12.7. The minimum absolute atomic E-state index is 0.0376. The zero-order valence-electron chi connectivity index (χ0n) is 7.31. The number of hydrogen-bond donors (Lipinski definition) is 0. The van der Waals surface area contributed by atoms with Crippen LogP contribution in [-0.2, 0) is 15.5 Å². The van der Waals surface area contributed by atoms with E-state index in [2.05, 4.69) is 0 Å². The van der Waals surface area contributed by atoms with E-state index in [1.807, 2.05) is 0 Å². The number of benzene rings is 1. The minimum Gasteiger partial charge on any atom is -0.212 e. The normalized spacial score (nSPS) is 11.7. The predicted octanol–water partition coefficient (Wildman–Crippen LogP) is 2.21. The molecule has 0 bridgehead atoms. The van der Waals surface area contributed by atoms with Gasteiger partial charge in [-0.3, -0.25) is 0 Å². The lowest BCUT2D eigenvalue weighted by Gasteiger charge is -2.01. The topological polar surface area (TPSA) is 34.1 Å². The van der Waals surface area contributed by atoms with Crippen molar-refractivity contribution >= 4 is 19.7 Å². The van der Waals surface area contributed by atoms with Gasteiger partial charge in [0.1, 0.15) is 0 Å². The van der Waals surface area contributed by atoms with Crippen LogP contribution in [0.1, 0.15) is 5.56 Å². The molecule has 0 aliphatic rings. The van der Waals surface area contributed by atoms with E-state index >= 15 is 0 Å². The summed E-state index contributed by atoms with van der Waals surface area (Å²) in [6.07, 6.45) is -0.167. The molecule has 0 aliphatic heterocycles. The maximum absolute atomic E-state index is 12.7. The highest BCUT2D eigenvalue weighted by Gasteiger charge is 2.12. The summed E-state index contributed by atoms with van der Waals surface area (Å²) in [4.78, 5) is 0. The summed E-state index contributed by atoms with van der Waals surface area (Å²) in [5.74, 6) is -4.74. The SMILES string of the molecule is O=S(=O)(Cl)CCc1cc(F)c(F)c(F)c1. The van der Waals surface area contributed by atoms with Crippen molar-refractivity contribution < 1.29 is 21.6 Å². The van der Waals surface area contributed by atoms with Crippen molar-refractivity contribution in [1.29, 1.82) is 0 Å². The molecule has 1 aromatic rings. The van der Waals surface area contributed by atoms with Gasteiger partial charge in [-0.05, 0) is 24.1 Å². The van der Waals surface area contributed by atoms with E-state index in [4.69, 9.17) is 10.7 Å². The van der Waals surface area contributed by atoms with Gasteiger partial charge < -0.3 is 0 Å². The Bertz CT molecular complexity index is 450. The van der Waals surface area contributed by atoms with E-state index in [-0.39, 0.29) is 12.0 Å². The molecule has 0 aliphatic carbocycles. The van der Waals surface area contributed by atoms with Gasteiger partial charge in [-0.15, -0.1) is 0 Å². The summed E-state index contributed by atoms with van der Waals surface area (Å²) in [6, 6.07) is 1.47. The molecule has 15 heavy (non-hydrogen) atoms. The van der Waals surface area contributed by atoms with Gasteiger partial charge in [-0.25, -0.2) is 21.6 Å². The van der Waals surface area contributed by atoms with Crippen LogP contribution in [0.5, 0.6) is 0 Å². The van der Waals surface area contributed by atoms with Crippen LogP contribution in [-0.4, -0.2) is 14.2 Å². The smallest absolute Gasteiger partial charge is 0.212 e. The summed E-state index contributed by atoms with van der Waals surface area (Å²) in [5.41, 5.74) is 0.0376. The quantitative estimate of drug-likeness (QED) is 0.615. The average molecular weight is 259 g/mol. The third-order valence-electron chi connectivity index (χ3n) is 1.68. The zero-order chi connectivity index (χ0) is 11.6. The highest BCUT2D eigenvalue weighted by Crippen LogP contribution is 2.14. The van der Waals surface area contributed by atoms with E-state index in [1.54, 1.807) is 0 Å². The fourth-order valence-electron chi connectivity index (χ4n) is 0.992. The van der Waals surface area contributed by atoms with E-state index in [1.165, 1.54) is 0 Å². The fraction of sp³-hybridized carbons (Fsp3) is 0.250. The minimum atomic E-state index is -3.72.